The first-order valence-corrected chi connectivity index (χ1v) is 8.73. The van der Waals surface area contributed by atoms with Crippen LogP contribution in [-0.2, 0) is 10.1 Å². The van der Waals surface area contributed by atoms with Gasteiger partial charge in [-0.3, -0.25) is 0 Å². The number of esters is 1. The number of benzene rings is 1. The number of halogens is 2. The first kappa shape index (κ1) is 18.2. The molecule has 0 radical (unpaired) electrons. The summed E-state index contributed by atoms with van der Waals surface area (Å²) < 4.78 is 11.9. The van der Waals surface area contributed by atoms with Crippen molar-refractivity contribution in [3.8, 4) is 0 Å². The molecule has 0 aliphatic rings. The normalized spacial score (nSPS) is 11.0. The number of hydrogen-bond donors (Lipinski definition) is 0. The van der Waals surface area contributed by atoms with Gasteiger partial charge in [-0.15, -0.1) is 0 Å². The lowest BCUT2D eigenvalue weighted by Gasteiger charge is -2.18. The molecule has 1 aromatic heterocycles. The molecule has 0 atom stereocenters. The first-order valence-electron chi connectivity index (χ1n) is 6.82. The summed E-state index contributed by atoms with van der Waals surface area (Å²) in [5.41, 5.74) is 0.948. The lowest BCUT2D eigenvalue weighted by Crippen LogP contribution is -2.24. The predicted octanol–water partition coefficient (Wildman–Crippen LogP) is 6.07. The van der Waals surface area contributed by atoms with Crippen molar-refractivity contribution < 1.29 is 13.9 Å². The third-order valence-corrected chi connectivity index (χ3v) is 3.52. The molecule has 0 saturated heterocycles. The van der Waals surface area contributed by atoms with Crippen molar-refractivity contribution in [3.63, 3.8) is 0 Å². The van der Waals surface area contributed by atoms with Crippen LogP contribution < -0.4 is 0 Å². The van der Waals surface area contributed by atoms with Gasteiger partial charge in [0.15, 0.2) is 0 Å². The van der Waals surface area contributed by atoms with E-state index in [2.05, 4.69) is 31.9 Å². The minimum Gasteiger partial charge on any atom is -0.454 e. The minimum absolute atomic E-state index is 0.264. The Morgan fingerprint density at radius 3 is 2.43 bits per heavy atom. The smallest absolute Gasteiger partial charge is 0.375 e. The van der Waals surface area contributed by atoms with Crippen LogP contribution in [0.4, 0.5) is 0 Å². The van der Waals surface area contributed by atoms with Gasteiger partial charge in [0.05, 0.1) is 0 Å². The Morgan fingerprint density at radius 1 is 1.29 bits per heavy atom. The maximum atomic E-state index is 12.1. The molecule has 2 aromatic rings. The average Bonchev–Trinajstić information content (AvgIpc) is 2.77. The molecule has 0 aliphatic carbocycles. The van der Waals surface area contributed by atoms with Crippen LogP contribution in [0.2, 0.25) is 0 Å². The van der Waals surface area contributed by atoms with Crippen molar-refractivity contribution in [1.29, 1.82) is 0 Å². The summed E-state index contributed by atoms with van der Waals surface area (Å²) in [4.78, 5) is 12.1. The molecule has 0 amide bonds. The third kappa shape index (κ3) is 4.58. The number of furan rings is 1. The SMILES string of the molecule is CC.CC(C)(C)OC(=O)c1oc2ccc(Br)cc2c1CBr. The van der Waals surface area contributed by atoms with Crippen LogP contribution in [-0.4, -0.2) is 11.6 Å². The molecule has 21 heavy (non-hydrogen) atoms. The van der Waals surface area contributed by atoms with Crippen molar-refractivity contribution in [2.24, 2.45) is 0 Å². The number of ether oxygens (including phenoxy) is 1. The zero-order chi connectivity index (χ0) is 16.2. The second-order valence-corrected chi connectivity index (χ2v) is 6.66. The second-order valence-electron chi connectivity index (χ2n) is 5.19. The number of hydrogen-bond acceptors (Lipinski definition) is 3. The van der Waals surface area contributed by atoms with Gasteiger partial charge in [0.2, 0.25) is 5.76 Å². The third-order valence-electron chi connectivity index (χ3n) is 2.47. The summed E-state index contributed by atoms with van der Waals surface area (Å²) in [6.45, 7) is 9.49. The van der Waals surface area contributed by atoms with E-state index in [0.717, 1.165) is 15.4 Å². The molecule has 0 saturated carbocycles. The number of rotatable bonds is 2. The van der Waals surface area contributed by atoms with Crippen LogP contribution in [0.3, 0.4) is 0 Å². The van der Waals surface area contributed by atoms with Gasteiger partial charge < -0.3 is 9.15 Å². The van der Waals surface area contributed by atoms with Gasteiger partial charge in [-0.25, -0.2) is 4.79 Å². The van der Waals surface area contributed by atoms with Crippen LogP contribution in [0.1, 0.15) is 50.7 Å². The van der Waals surface area contributed by atoms with Crippen LogP contribution in [0.25, 0.3) is 11.0 Å². The van der Waals surface area contributed by atoms with E-state index in [1.807, 2.05) is 52.8 Å². The standard InChI is InChI=1S/C14H14Br2O3.C2H6/c1-14(2,3)19-13(17)12-10(7-15)9-6-8(16)4-5-11(9)18-12;1-2/h4-6H,7H2,1-3H3;1-2H3. The fraction of sp³-hybridized carbons (Fsp3) is 0.438. The molecule has 2 rings (SSSR count). The van der Waals surface area contributed by atoms with Crippen LogP contribution in [0, 0.1) is 0 Å². The number of carbonyl (C=O) groups is 1. The first-order chi connectivity index (χ1) is 9.81. The van der Waals surface area contributed by atoms with Gasteiger partial charge in [-0.05, 0) is 39.0 Å². The Labute approximate surface area is 142 Å². The van der Waals surface area contributed by atoms with E-state index in [1.54, 1.807) is 0 Å². The van der Waals surface area contributed by atoms with E-state index in [-0.39, 0.29) is 5.76 Å². The molecule has 116 valence electrons. The van der Waals surface area contributed by atoms with E-state index < -0.39 is 11.6 Å². The molecule has 0 fully saturated rings. The topological polar surface area (TPSA) is 39.4 Å². The van der Waals surface area contributed by atoms with Gasteiger partial charge in [-0.2, -0.15) is 0 Å². The highest BCUT2D eigenvalue weighted by Crippen LogP contribution is 2.31. The molecule has 1 aromatic carbocycles. The summed E-state index contributed by atoms with van der Waals surface area (Å²) in [5, 5.41) is 1.44. The summed E-state index contributed by atoms with van der Waals surface area (Å²) in [6, 6.07) is 5.64. The fourth-order valence-corrected chi connectivity index (χ4v) is 2.66. The monoisotopic (exact) mass is 418 g/mol. The van der Waals surface area contributed by atoms with Gasteiger partial charge in [0.25, 0.3) is 0 Å². The lowest BCUT2D eigenvalue weighted by atomic mass is 10.1. The number of carbonyl (C=O) groups excluding carboxylic acids is 1. The van der Waals surface area contributed by atoms with Crippen molar-refractivity contribution in [2.45, 2.75) is 45.5 Å². The van der Waals surface area contributed by atoms with E-state index in [9.17, 15) is 4.79 Å². The molecule has 0 unspecified atom stereocenters. The zero-order valence-electron chi connectivity index (χ0n) is 12.9. The van der Waals surface area contributed by atoms with Crippen molar-refractivity contribution in [1.82, 2.24) is 0 Å². The van der Waals surface area contributed by atoms with E-state index in [1.165, 1.54) is 0 Å². The fourth-order valence-electron chi connectivity index (χ4n) is 1.74. The zero-order valence-corrected chi connectivity index (χ0v) is 16.1. The largest absolute Gasteiger partial charge is 0.454 e. The van der Waals surface area contributed by atoms with Crippen LogP contribution in [0.5, 0.6) is 0 Å². The Hall–Kier alpha value is -0.810. The lowest BCUT2D eigenvalue weighted by molar-refractivity contribution is 0.00371. The quantitative estimate of drug-likeness (QED) is 0.437. The molecule has 1 heterocycles. The summed E-state index contributed by atoms with van der Waals surface area (Å²) in [7, 11) is 0. The molecule has 0 bridgehead atoms. The summed E-state index contributed by atoms with van der Waals surface area (Å²) in [6.07, 6.45) is 0. The molecule has 0 spiro atoms. The highest BCUT2D eigenvalue weighted by Gasteiger charge is 2.25. The van der Waals surface area contributed by atoms with Gasteiger partial charge in [0, 0.05) is 20.8 Å². The minimum atomic E-state index is -0.541. The van der Waals surface area contributed by atoms with Crippen molar-refractivity contribution in [2.75, 3.05) is 0 Å². The number of alkyl halides is 1. The molecular formula is C16H20Br2O3. The second kappa shape index (κ2) is 7.45. The highest BCUT2D eigenvalue weighted by molar-refractivity contribution is 9.10. The molecule has 5 heteroatoms. The van der Waals surface area contributed by atoms with E-state index in [0.29, 0.717) is 10.9 Å². The van der Waals surface area contributed by atoms with Gasteiger partial charge in [0.1, 0.15) is 11.2 Å². The Bertz CT molecular complexity index is 624. The van der Waals surface area contributed by atoms with Crippen molar-refractivity contribution in [3.05, 3.63) is 34.0 Å². The predicted molar refractivity (Wildman–Crippen MR) is 93.1 cm³/mol. The number of fused-ring (bicyclic) bond motifs is 1. The summed E-state index contributed by atoms with van der Waals surface area (Å²) in [5.74, 6) is -0.172. The molecule has 3 nitrogen and oxygen atoms in total. The maximum Gasteiger partial charge on any atom is 0.375 e. The van der Waals surface area contributed by atoms with Crippen molar-refractivity contribution >= 4 is 48.8 Å². The Balaban J connectivity index is 0.00000106. The molecule has 0 N–H and O–H groups in total. The molecular weight excluding hydrogens is 400 g/mol. The van der Waals surface area contributed by atoms with E-state index >= 15 is 0 Å². The van der Waals surface area contributed by atoms with E-state index in [4.69, 9.17) is 9.15 Å². The average molecular weight is 420 g/mol. The Morgan fingerprint density at radius 2 is 1.90 bits per heavy atom. The van der Waals surface area contributed by atoms with Crippen LogP contribution >= 0.6 is 31.9 Å². The Kier molecular flexibility index (Phi) is 6.47. The van der Waals surface area contributed by atoms with Gasteiger partial charge in [-0.1, -0.05) is 45.7 Å². The maximum absolute atomic E-state index is 12.1. The van der Waals surface area contributed by atoms with Crippen LogP contribution in [0.15, 0.2) is 27.1 Å². The highest BCUT2D eigenvalue weighted by atomic mass is 79.9. The van der Waals surface area contributed by atoms with Gasteiger partial charge >= 0.3 is 5.97 Å². The molecule has 0 aliphatic heterocycles. The summed E-state index contributed by atoms with van der Waals surface area (Å²) >= 11 is 6.82.